The number of hydrogen-bond acceptors (Lipinski definition) is 6. The fourth-order valence-electron chi connectivity index (χ4n) is 1.66. The molecular formula is C12H15ClN4O2S2. The summed E-state index contributed by atoms with van der Waals surface area (Å²) < 4.78 is 27.0. The van der Waals surface area contributed by atoms with Crippen LogP contribution in [0.15, 0.2) is 28.6 Å². The van der Waals surface area contributed by atoms with E-state index in [1.54, 1.807) is 18.2 Å². The Labute approximate surface area is 132 Å². The number of anilines is 1. The van der Waals surface area contributed by atoms with E-state index in [9.17, 15) is 8.42 Å². The highest BCUT2D eigenvalue weighted by atomic mass is 35.5. The quantitative estimate of drug-likeness (QED) is 0.752. The van der Waals surface area contributed by atoms with Crippen LogP contribution in [0.2, 0.25) is 5.02 Å². The predicted molar refractivity (Wildman–Crippen MR) is 84.2 cm³/mol. The van der Waals surface area contributed by atoms with Gasteiger partial charge in [-0.05, 0) is 30.7 Å². The van der Waals surface area contributed by atoms with Crippen LogP contribution in [-0.2, 0) is 16.6 Å². The van der Waals surface area contributed by atoms with E-state index in [4.69, 9.17) is 11.6 Å². The molecule has 0 unspecified atom stereocenters. The van der Waals surface area contributed by atoms with E-state index in [-0.39, 0.29) is 15.0 Å². The van der Waals surface area contributed by atoms with Gasteiger partial charge in [-0.1, -0.05) is 35.9 Å². The van der Waals surface area contributed by atoms with Gasteiger partial charge in [0.05, 0.1) is 5.02 Å². The van der Waals surface area contributed by atoms with Crippen LogP contribution in [0.1, 0.15) is 18.9 Å². The van der Waals surface area contributed by atoms with Crippen molar-refractivity contribution in [1.82, 2.24) is 15.5 Å². The molecule has 114 valence electrons. The van der Waals surface area contributed by atoms with Crippen molar-refractivity contribution in [3.8, 4) is 0 Å². The maximum atomic E-state index is 12.3. The predicted octanol–water partition coefficient (Wildman–Crippen LogP) is 2.49. The van der Waals surface area contributed by atoms with E-state index in [1.807, 2.05) is 0 Å². The van der Waals surface area contributed by atoms with Crippen molar-refractivity contribution in [2.45, 2.75) is 24.8 Å². The van der Waals surface area contributed by atoms with Gasteiger partial charge in [0.1, 0.15) is 10.4 Å². The van der Waals surface area contributed by atoms with E-state index in [0.717, 1.165) is 29.9 Å². The zero-order chi connectivity index (χ0) is 15.3. The number of halogens is 1. The summed E-state index contributed by atoms with van der Waals surface area (Å²) in [7, 11) is -3.77. The van der Waals surface area contributed by atoms with Crippen LogP contribution < -0.4 is 10.0 Å². The zero-order valence-electron chi connectivity index (χ0n) is 11.3. The summed E-state index contributed by atoms with van der Waals surface area (Å²) in [5.74, 6) is 0. The van der Waals surface area contributed by atoms with E-state index in [0.29, 0.717) is 6.54 Å². The highest BCUT2D eigenvalue weighted by Crippen LogP contribution is 2.25. The first-order valence-electron chi connectivity index (χ1n) is 6.31. The third kappa shape index (κ3) is 4.37. The lowest BCUT2D eigenvalue weighted by Crippen LogP contribution is -2.16. The average Bonchev–Trinajstić information content (AvgIpc) is 2.93. The molecule has 0 saturated heterocycles. The maximum Gasteiger partial charge on any atom is 0.265 e. The van der Waals surface area contributed by atoms with Gasteiger partial charge in [0.25, 0.3) is 10.0 Å². The Kier molecular flexibility index (Phi) is 5.51. The summed E-state index contributed by atoms with van der Waals surface area (Å²) in [5.41, 5.74) is 2.30. The minimum absolute atomic E-state index is 0.0372. The summed E-state index contributed by atoms with van der Waals surface area (Å²) in [5, 5.41) is 10.8. The smallest absolute Gasteiger partial charge is 0.265 e. The van der Waals surface area contributed by atoms with Crippen molar-refractivity contribution in [1.29, 1.82) is 0 Å². The number of sulfonamides is 1. The summed E-state index contributed by atoms with van der Waals surface area (Å²) in [6.45, 7) is 3.52. The number of hydrogen-bond donors (Lipinski definition) is 2. The molecule has 21 heavy (non-hydrogen) atoms. The van der Waals surface area contributed by atoms with Crippen molar-refractivity contribution in [2.24, 2.45) is 0 Å². The molecule has 0 bridgehead atoms. The molecule has 1 aromatic carbocycles. The van der Waals surface area contributed by atoms with Crippen molar-refractivity contribution in [2.75, 3.05) is 11.3 Å². The van der Waals surface area contributed by atoms with Gasteiger partial charge in [-0.3, -0.25) is 4.72 Å². The summed E-state index contributed by atoms with van der Waals surface area (Å²) in [4.78, 5) is 0.0372. The molecule has 6 nitrogen and oxygen atoms in total. The van der Waals surface area contributed by atoms with Gasteiger partial charge in [-0.25, -0.2) is 8.42 Å². The Hall–Kier alpha value is -1.22. The van der Waals surface area contributed by atoms with E-state index >= 15 is 0 Å². The molecule has 1 heterocycles. The van der Waals surface area contributed by atoms with Crippen LogP contribution in [0, 0.1) is 0 Å². The SMILES string of the molecule is CCCNCc1ccc(Cl)c(S(=O)(=O)Nc2nncs2)c1. The first kappa shape index (κ1) is 16.2. The Bertz CT molecular complexity index is 689. The fraction of sp³-hybridized carbons (Fsp3) is 0.333. The van der Waals surface area contributed by atoms with Crippen LogP contribution in [0.5, 0.6) is 0 Å². The largest absolute Gasteiger partial charge is 0.313 e. The van der Waals surface area contributed by atoms with Gasteiger partial charge in [-0.2, -0.15) is 0 Å². The van der Waals surface area contributed by atoms with Crippen molar-refractivity contribution in [3.63, 3.8) is 0 Å². The van der Waals surface area contributed by atoms with E-state index in [1.165, 1.54) is 5.51 Å². The lowest BCUT2D eigenvalue weighted by atomic mass is 10.2. The summed E-state index contributed by atoms with van der Waals surface area (Å²) in [6, 6.07) is 4.95. The molecule has 2 aromatic rings. The van der Waals surface area contributed by atoms with Crippen LogP contribution in [0.25, 0.3) is 0 Å². The molecule has 2 rings (SSSR count). The second kappa shape index (κ2) is 7.17. The average molecular weight is 347 g/mol. The molecule has 2 N–H and O–H groups in total. The van der Waals surface area contributed by atoms with Crippen molar-refractivity contribution >= 4 is 38.1 Å². The highest BCUT2D eigenvalue weighted by Gasteiger charge is 2.19. The second-order valence-electron chi connectivity index (χ2n) is 4.29. The highest BCUT2D eigenvalue weighted by molar-refractivity contribution is 7.93. The number of nitrogens with zero attached hydrogens (tertiary/aromatic N) is 2. The fourth-order valence-corrected chi connectivity index (χ4v) is 3.90. The maximum absolute atomic E-state index is 12.3. The molecule has 0 aliphatic carbocycles. The first-order valence-corrected chi connectivity index (χ1v) is 9.05. The molecule has 0 fully saturated rings. The van der Waals surface area contributed by atoms with Gasteiger partial charge in [0.2, 0.25) is 5.13 Å². The number of benzene rings is 1. The number of rotatable bonds is 7. The minimum Gasteiger partial charge on any atom is -0.313 e. The Morgan fingerprint density at radius 1 is 1.38 bits per heavy atom. The Morgan fingerprint density at radius 3 is 2.86 bits per heavy atom. The summed E-state index contributed by atoms with van der Waals surface area (Å²) >= 11 is 7.11. The van der Waals surface area contributed by atoms with Gasteiger partial charge in [0.15, 0.2) is 0 Å². The molecule has 0 atom stereocenters. The zero-order valence-corrected chi connectivity index (χ0v) is 13.7. The third-order valence-electron chi connectivity index (χ3n) is 2.62. The molecule has 0 spiro atoms. The van der Waals surface area contributed by atoms with Crippen LogP contribution in [0.4, 0.5) is 5.13 Å². The standard InChI is InChI=1S/C12H15ClN4O2S2/c1-2-5-14-7-9-3-4-10(13)11(6-9)21(18,19)17-12-16-15-8-20-12/h3-4,6,8,14H,2,5,7H2,1H3,(H,16,17). The van der Waals surface area contributed by atoms with Gasteiger partial charge >= 0.3 is 0 Å². The van der Waals surface area contributed by atoms with Crippen molar-refractivity contribution < 1.29 is 8.42 Å². The van der Waals surface area contributed by atoms with E-state index in [2.05, 4.69) is 27.2 Å². The molecule has 0 radical (unpaired) electrons. The molecule has 0 amide bonds. The molecule has 0 aliphatic rings. The normalized spacial score (nSPS) is 11.5. The lowest BCUT2D eigenvalue weighted by Gasteiger charge is -2.09. The molecule has 0 saturated carbocycles. The summed E-state index contributed by atoms with van der Waals surface area (Å²) in [6.07, 6.45) is 1.01. The number of aromatic nitrogens is 2. The minimum atomic E-state index is -3.77. The molecule has 0 aliphatic heterocycles. The third-order valence-corrected chi connectivity index (χ3v) is 5.18. The second-order valence-corrected chi connectivity index (χ2v) is 7.18. The monoisotopic (exact) mass is 346 g/mol. The van der Waals surface area contributed by atoms with Crippen LogP contribution in [0.3, 0.4) is 0 Å². The lowest BCUT2D eigenvalue weighted by molar-refractivity contribution is 0.600. The van der Waals surface area contributed by atoms with E-state index < -0.39 is 10.0 Å². The van der Waals surface area contributed by atoms with Crippen molar-refractivity contribution in [3.05, 3.63) is 34.3 Å². The van der Waals surface area contributed by atoms with Gasteiger partial charge in [0, 0.05) is 6.54 Å². The topological polar surface area (TPSA) is 84.0 Å². The molecular weight excluding hydrogens is 332 g/mol. The first-order chi connectivity index (χ1) is 10.0. The molecule has 1 aromatic heterocycles. The van der Waals surface area contributed by atoms with Crippen LogP contribution >= 0.6 is 22.9 Å². The van der Waals surface area contributed by atoms with Gasteiger partial charge in [-0.15, -0.1) is 10.2 Å². The Balaban J connectivity index is 2.22. The van der Waals surface area contributed by atoms with Crippen LogP contribution in [-0.4, -0.2) is 25.2 Å². The number of nitrogens with one attached hydrogen (secondary N) is 2. The molecule has 9 heteroatoms. The van der Waals surface area contributed by atoms with Gasteiger partial charge < -0.3 is 5.32 Å². The Morgan fingerprint density at radius 2 is 2.19 bits per heavy atom.